The number of benzene rings is 1. The summed E-state index contributed by atoms with van der Waals surface area (Å²) in [6.45, 7) is 3.51. The molecular formula is C14H23NO4. The molecule has 0 fully saturated rings. The molecule has 0 atom stereocenters. The van der Waals surface area contributed by atoms with Crippen LogP contribution in [0.2, 0.25) is 0 Å². The highest BCUT2D eigenvalue weighted by Crippen LogP contribution is 1.95. The Morgan fingerprint density at radius 3 is 1.42 bits per heavy atom. The highest BCUT2D eigenvalue weighted by Gasteiger charge is 1.88. The number of rotatable bonds is 2. The number of esters is 2. The number of carbonyl (C=O) groups is 2. The average molecular weight is 269 g/mol. The van der Waals surface area contributed by atoms with Crippen molar-refractivity contribution in [2.24, 2.45) is 0 Å². The molecule has 0 saturated carbocycles. The smallest absolute Gasteiger partial charge is 0.305 e. The average Bonchev–Trinajstić information content (AvgIpc) is 2.47. The minimum Gasteiger partial charge on any atom is -0.469 e. The van der Waals surface area contributed by atoms with Crippen LogP contribution in [-0.2, 0) is 19.1 Å². The molecule has 0 aliphatic heterocycles. The van der Waals surface area contributed by atoms with Crippen LogP contribution in [0.5, 0.6) is 0 Å². The molecule has 108 valence electrons. The van der Waals surface area contributed by atoms with E-state index in [1.165, 1.54) is 14.2 Å². The van der Waals surface area contributed by atoms with E-state index < -0.39 is 0 Å². The Hall–Kier alpha value is -2.04. The summed E-state index contributed by atoms with van der Waals surface area (Å²) in [5.74, 6) is -0.315. The van der Waals surface area contributed by atoms with E-state index in [0.717, 1.165) is 5.69 Å². The van der Waals surface area contributed by atoms with Crippen LogP contribution in [0, 0.1) is 0 Å². The molecule has 0 amide bonds. The highest BCUT2D eigenvalue weighted by atomic mass is 16.5. The van der Waals surface area contributed by atoms with E-state index in [0.29, 0.717) is 12.8 Å². The fraction of sp³-hybridized carbons (Fsp3) is 0.429. The summed E-state index contributed by atoms with van der Waals surface area (Å²) in [7, 11) is 2.76. The largest absolute Gasteiger partial charge is 0.469 e. The fourth-order valence-corrected chi connectivity index (χ4v) is 0.742. The van der Waals surface area contributed by atoms with Crippen LogP contribution in [0.1, 0.15) is 26.7 Å². The van der Waals surface area contributed by atoms with Gasteiger partial charge in [-0.25, -0.2) is 0 Å². The van der Waals surface area contributed by atoms with Crippen molar-refractivity contribution in [2.45, 2.75) is 26.7 Å². The minimum absolute atomic E-state index is 0.157. The maximum Gasteiger partial charge on any atom is 0.305 e. The molecular weight excluding hydrogens is 246 g/mol. The first-order valence-electron chi connectivity index (χ1n) is 5.95. The highest BCUT2D eigenvalue weighted by molar-refractivity contribution is 5.68. The van der Waals surface area contributed by atoms with Crippen LogP contribution in [0.3, 0.4) is 0 Å². The van der Waals surface area contributed by atoms with Crippen molar-refractivity contribution in [1.29, 1.82) is 0 Å². The normalized spacial score (nSPS) is 8.00. The lowest BCUT2D eigenvalue weighted by molar-refractivity contribution is -0.141. The van der Waals surface area contributed by atoms with Gasteiger partial charge in [0.05, 0.1) is 14.2 Å². The van der Waals surface area contributed by atoms with Crippen LogP contribution in [-0.4, -0.2) is 26.2 Å². The molecule has 1 aromatic rings. The van der Waals surface area contributed by atoms with E-state index in [1.807, 2.05) is 30.3 Å². The number of hydrogen-bond donors (Lipinski definition) is 1. The summed E-state index contributed by atoms with van der Waals surface area (Å²) in [5, 5.41) is 0. The van der Waals surface area contributed by atoms with E-state index in [4.69, 9.17) is 5.73 Å². The molecule has 5 heteroatoms. The maximum atomic E-state index is 9.96. The molecule has 0 aliphatic rings. The molecule has 19 heavy (non-hydrogen) atoms. The van der Waals surface area contributed by atoms with E-state index in [2.05, 4.69) is 9.47 Å². The first kappa shape index (κ1) is 19.3. The number of anilines is 1. The second-order valence-corrected chi connectivity index (χ2v) is 3.27. The number of para-hydroxylation sites is 1. The maximum absolute atomic E-state index is 9.96. The van der Waals surface area contributed by atoms with Gasteiger partial charge in [0.25, 0.3) is 0 Å². The molecule has 0 spiro atoms. The summed E-state index contributed by atoms with van der Waals surface area (Å²) in [6, 6.07) is 9.49. The van der Waals surface area contributed by atoms with Crippen LogP contribution in [0.25, 0.3) is 0 Å². The number of hydrogen-bond acceptors (Lipinski definition) is 5. The van der Waals surface area contributed by atoms with Gasteiger partial charge in [-0.2, -0.15) is 0 Å². The summed E-state index contributed by atoms with van der Waals surface area (Å²) >= 11 is 0. The lowest BCUT2D eigenvalue weighted by Crippen LogP contribution is -1.94. The predicted octanol–water partition coefficient (Wildman–Crippen LogP) is 2.41. The Morgan fingerprint density at radius 1 is 0.947 bits per heavy atom. The molecule has 0 radical (unpaired) electrons. The summed E-state index contributed by atoms with van der Waals surface area (Å²) in [4.78, 5) is 19.9. The van der Waals surface area contributed by atoms with Gasteiger partial charge in [-0.15, -0.1) is 0 Å². The molecule has 0 bridgehead atoms. The van der Waals surface area contributed by atoms with Crippen molar-refractivity contribution in [2.75, 3.05) is 20.0 Å². The molecule has 0 unspecified atom stereocenters. The van der Waals surface area contributed by atoms with Gasteiger partial charge < -0.3 is 15.2 Å². The standard InChI is InChI=1S/C6H7N.2C4H8O2/c7-6-4-2-1-3-5-6;2*1-3-4(5)6-2/h1-5H,7H2;2*3H2,1-2H3. The van der Waals surface area contributed by atoms with Gasteiger partial charge in [0, 0.05) is 18.5 Å². The first-order valence-corrected chi connectivity index (χ1v) is 5.95. The molecule has 0 aromatic heterocycles. The number of nitrogens with two attached hydrogens (primary N) is 1. The monoisotopic (exact) mass is 269 g/mol. The third-order valence-corrected chi connectivity index (χ3v) is 1.83. The number of methoxy groups -OCH3 is 2. The van der Waals surface area contributed by atoms with Crippen molar-refractivity contribution in [1.82, 2.24) is 0 Å². The van der Waals surface area contributed by atoms with E-state index >= 15 is 0 Å². The third kappa shape index (κ3) is 16.0. The zero-order valence-corrected chi connectivity index (χ0v) is 12.0. The number of ether oxygens (including phenoxy) is 2. The second kappa shape index (κ2) is 14.0. The van der Waals surface area contributed by atoms with Crippen molar-refractivity contribution < 1.29 is 19.1 Å². The minimum atomic E-state index is -0.157. The molecule has 1 aromatic carbocycles. The quantitative estimate of drug-likeness (QED) is 0.659. The van der Waals surface area contributed by atoms with E-state index in [9.17, 15) is 9.59 Å². The lowest BCUT2D eigenvalue weighted by atomic mass is 10.3. The topological polar surface area (TPSA) is 78.6 Å². The molecule has 0 aliphatic carbocycles. The van der Waals surface area contributed by atoms with E-state index in [1.54, 1.807) is 13.8 Å². The van der Waals surface area contributed by atoms with Crippen molar-refractivity contribution in [3.8, 4) is 0 Å². The van der Waals surface area contributed by atoms with E-state index in [-0.39, 0.29) is 11.9 Å². The Labute approximate surface area is 114 Å². The lowest BCUT2D eigenvalue weighted by Gasteiger charge is -1.87. The molecule has 0 saturated heterocycles. The van der Waals surface area contributed by atoms with Gasteiger partial charge in [-0.05, 0) is 12.1 Å². The summed E-state index contributed by atoms with van der Waals surface area (Å²) < 4.78 is 8.52. The van der Waals surface area contributed by atoms with Crippen LogP contribution in [0.15, 0.2) is 30.3 Å². The Kier molecular flexibility index (Phi) is 14.2. The molecule has 0 heterocycles. The molecule has 2 N–H and O–H groups in total. The van der Waals surface area contributed by atoms with Crippen molar-refractivity contribution in [3.63, 3.8) is 0 Å². The number of nitrogen functional groups attached to an aromatic ring is 1. The Bertz CT molecular complexity index is 311. The van der Waals surface area contributed by atoms with Crippen molar-refractivity contribution >= 4 is 17.6 Å². The second-order valence-electron chi connectivity index (χ2n) is 3.27. The third-order valence-electron chi connectivity index (χ3n) is 1.83. The van der Waals surface area contributed by atoms with Crippen LogP contribution >= 0.6 is 0 Å². The zero-order valence-electron chi connectivity index (χ0n) is 12.0. The summed E-state index contributed by atoms with van der Waals surface area (Å²) in [6.07, 6.45) is 0.938. The van der Waals surface area contributed by atoms with Gasteiger partial charge in [0.2, 0.25) is 0 Å². The Morgan fingerprint density at radius 2 is 1.32 bits per heavy atom. The van der Waals surface area contributed by atoms with Crippen LogP contribution in [0.4, 0.5) is 5.69 Å². The fourth-order valence-electron chi connectivity index (χ4n) is 0.742. The van der Waals surface area contributed by atoms with Gasteiger partial charge in [0.1, 0.15) is 0 Å². The SMILES string of the molecule is CCC(=O)OC.CCC(=O)OC.Nc1ccccc1. The van der Waals surface area contributed by atoms with Gasteiger partial charge in [-0.3, -0.25) is 9.59 Å². The predicted molar refractivity (Wildman–Crippen MR) is 75.5 cm³/mol. The summed E-state index contributed by atoms with van der Waals surface area (Å²) in [5.41, 5.74) is 6.18. The van der Waals surface area contributed by atoms with Crippen LogP contribution < -0.4 is 5.73 Å². The van der Waals surface area contributed by atoms with Crippen molar-refractivity contribution in [3.05, 3.63) is 30.3 Å². The Balaban J connectivity index is 0. The van der Waals surface area contributed by atoms with Gasteiger partial charge in [0.15, 0.2) is 0 Å². The molecule has 5 nitrogen and oxygen atoms in total. The zero-order chi connectivity index (χ0) is 15.1. The van der Waals surface area contributed by atoms with Gasteiger partial charge in [-0.1, -0.05) is 32.0 Å². The first-order chi connectivity index (χ1) is 9.01. The molecule has 1 rings (SSSR count). The van der Waals surface area contributed by atoms with Gasteiger partial charge >= 0.3 is 11.9 Å². The number of carbonyl (C=O) groups excluding carboxylic acids is 2.